The fraction of sp³-hybridized carbons (Fsp3) is 0.800. The summed E-state index contributed by atoms with van der Waals surface area (Å²) in [6.45, 7) is 8.77. The Kier molecular flexibility index (Phi) is 2.18. The lowest BCUT2D eigenvalue weighted by molar-refractivity contribution is 0.316. The maximum absolute atomic E-state index is 4.04. The van der Waals surface area contributed by atoms with Gasteiger partial charge in [0, 0.05) is 0 Å². The first-order valence-electron chi connectivity index (χ1n) is 4.27. The predicted octanol–water partition coefficient (Wildman–Crippen LogP) is 3.53. The molecule has 0 heteroatoms. The van der Waals surface area contributed by atoms with Crippen molar-refractivity contribution in [3.8, 4) is 0 Å². The summed E-state index contributed by atoms with van der Waals surface area (Å²) < 4.78 is 0. The van der Waals surface area contributed by atoms with Gasteiger partial charge in [-0.3, -0.25) is 0 Å². The van der Waals surface area contributed by atoms with Crippen LogP contribution < -0.4 is 0 Å². The van der Waals surface area contributed by atoms with E-state index in [2.05, 4.69) is 20.4 Å². The van der Waals surface area contributed by atoms with Gasteiger partial charge in [0.2, 0.25) is 0 Å². The highest BCUT2D eigenvalue weighted by molar-refractivity contribution is 4.97. The van der Waals surface area contributed by atoms with Gasteiger partial charge >= 0.3 is 0 Å². The highest BCUT2D eigenvalue weighted by atomic mass is 14.3. The summed E-state index contributed by atoms with van der Waals surface area (Å²) in [4.78, 5) is 0. The molecule has 0 nitrogen and oxygen atoms in total. The smallest absolute Gasteiger partial charge is 0.0318 e. The van der Waals surface area contributed by atoms with Crippen LogP contribution in [0.1, 0.15) is 46.0 Å². The van der Waals surface area contributed by atoms with E-state index in [9.17, 15) is 0 Å². The summed E-state index contributed by atoms with van der Waals surface area (Å²) in [7, 11) is 0. The molecular weight excluding hydrogens is 120 g/mol. The van der Waals surface area contributed by atoms with Crippen molar-refractivity contribution in [1.82, 2.24) is 0 Å². The van der Waals surface area contributed by atoms with Gasteiger partial charge in [0.05, 0.1) is 0 Å². The molecular formula is C10H18. The monoisotopic (exact) mass is 138 g/mol. The first-order chi connectivity index (χ1) is 4.60. The highest BCUT2D eigenvalue weighted by Crippen LogP contribution is 2.34. The predicted molar refractivity (Wildman–Crippen MR) is 46.0 cm³/mol. The summed E-state index contributed by atoms with van der Waals surface area (Å²) in [5.74, 6) is 0. The van der Waals surface area contributed by atoms with Gasteiger partial charge in [-0.15, -0.1) is 0 Å². The number of hydrogen-bond acceptors (Lipinski definition) is 0. The van der Waals surface area contributed by atoms with E-state index in [-0.39, 0.29) is 0 Å². The zero-order valence-corrected chi connectivity index (χ0v) is 7.24. The van der Waals surface area contributed by atoms with E-state index in [1.165, 1.54) is 37.7 Å². The van der Waals surface area contributed by atoms with Crippen molar-refractivity contribution >= 4 is 0 Å². The Bertz CT molecular complexity index is 131. The van der Waals surface area contributed by atoms with Crippen LogP contribution in [-0.4, -0.2) is 0 Å². The van der Waals surface area contributed by atoms with Gasteiger partial charge < -0.3 is 0 Å². The van der Waals surface area contributed by atoms with Crippen LogP contribution in [0.3, 0.4) is 0 Å². The Balaban J connectivity index is 2.48. The molecule has 0 aromatic heterocycles. The van der Waals surface area contributed by atoms with E-state index >= 15 is 0 Å². The molecule has 1 fully saturated rings. The minimum absolute atomic E-state index is 0.583. The number of rotatable bonds is 0. The Hall–Kier alpha value is -0.260. The molecule has 0 amide bonds. The molecule has 0 radical (unpaired) electrons. The molecule has 0 aromatic rings. The van der Waals surface area contributed by atoms with Gasteiger partial charge in [-0.2, -0.15) is 0 Å². The molecule has 0 aromatic carbocycles. The molecule has 0 atom stereocenters. The van der Waals surface area contributed by atoms with Crippen LogP contribution >= 0.6 is 0 Å². The Morgan fingerprint density at radius 2 is 1.90 bits per heavy atom. The quantitative estimate of drug-likeness (QED) is 0.355. The summed E-state index contributed by atoms with van der Waals surface area (Å²) in [6.07, 6.45) is 6.60. The minimum Gasteiger partial charge on any atom is -0.0999 e. The lowest BCUT2D eigenvalue weighted by Crippen LogP contribution is -2.08. The van der Waals surface area contributed by atoms with Crippen LogP contribution in [0.5, 0.6) is 0 Å². The molecule has 0 aliphatic heterocycles. The Morgan fingerprint density at radius 3 is 2.60 bits per heavy atom. The van der Waals surface area contributed by atoms with Crippen molar-refractivity contribution in [2.75, 3.05) is 0 Å². The molecule has 1 aliphatic rings. The molecule has 0 saturated heterocycles. The minimum atomic E-state index is 0.583. The largest absolute Gasteiger partial charge is 0.0999 e. The van der Waals surface area contributed by atoms with Gasteiger partial charge in [0.15, 0.2) is 0 Å². The van der Waals surface area contributed by atoms with Gasteiger partial charge in [-0.05, 0) is 37.5 Å². The average molecular weight is 138 g/mol. The maximum Gasteiger partial charge on any atom is -0.0318 e. The van der Waals surface area contributed by atoms with E-state index < -0.39 is 0 Å². The summed E-state index contributed by atoms with van der Waals surface area (Å²) in [5, 5.41) is 0. The standard InChI is InChI=1S/C10H18/c1-9-5-4-7-10(2,3)8-6-9/h1,4-8H2,2-3H3. The van der Waals surface area contributed by atoms with Crippen LogP contribution in [0.25, 0.3) is 0 Å². The molecule has 0 unspecified atom stereocenters. The molecule has 1 saturated carbocycles. The van der Waals surface area contributed by atoms with Crippen molar-refractivity contribution in [3.05, 3.63) is 12.2 Å². The van der Waals surface area contributed by atoms with Gasteiger partial charge in [0.25, 0.3) is 0 Å². The second kappa shape index (κ2) is 2.77. The Morgan fingerprint density at radius 1 is 1.20 bits per heavy atom. The zero-order valence-electron chi connectivity index (χ0n) is 7.24. The summed E-state index contributed by atoms with van der Waals surface area (Å²) in [6, 6.07) is 0. The van der Waals surface area contributed by atoms with Crippen molar-refractivity contribution in [2.45, 2.75) is 46.0 Å². The number of allylic oxidation sites excluding steroid dienone is 1. The van der Waals surface area contributed by atoms with Gasteiger partial charge in [0.1, 0.15) is 0 Å². The molecule has 58 valence electrons. The number of hydrogen-bond donors (Lipinski definition) is 0. The van der Waals surface area contributed by atoms with Gasteiger partial charge in [-0.25, -0.2) is 0 Å². The maximum atomic E-state index is 4.04. The van der Waals surface area contributed by atoms with Crippen LogP contribution in [-0.2, 0) is 0 Å². The molecule has 0 N–H and O–H groups in total. The molecule has 10 heavy (non-hydrogen) atoms. The lowest BCUT2D eigenvalue weighted by Gasteiger charge is -2.20. The van der Waals surface area contributed by atoms with E-state index in [0.29, 0.717) is 5.41 Å². The van der Waals surface area contributed by atoms with Crippen molar-refractivity contribution in [2.24, 2.45) is 5.41 Å². The molecule has 0 spiro atoms. The topological polar surface area (TPSA) is 0 Å². The van der Waals surface area contributed by atoms with Crippen LogP contribution in [0.15, 0.2) is 12.2 Å². The van der Waals surface area contributed by atoms with E-state index in [4.69, 9.17) is 0 Å². The second-order valence-electron chi connectivity index (χ2n) is 4.27. The third kappa shape index (κ3) is 2.17. The van der Waals surface area contributed by atoms with Crippen molar-refractivity contribution < 1.29 is 0 Å². The second-order valence-corrected chi connectivity index (χ2v) is 4.27. The van der Waals surface area contributed by atoms with Crippen molar-refractivity contribution in [3.63, 3.8) is 0 Å². The third-order valence-electron chi connectivity index (χ3n) is 2.54. The average Bonchev–Trinajstić information content (AvgIpc) is 1.94. The zero-order chi connectivity index (χ0) is 7.61. The van der Waals surface area contributed by atoms with Gasteiger partial charge in [-0.1, -0.05) is 26.0 Å². The molecule has 0 bridgehead atoms. The van der Waals surface area contributed by atoms with Crippen LogP contribution in [0.2, 0.25) is 0 Å². The van der Waals surface area contributed by atoms with Crippen molar-refractivity contribution in [1.29, 1.82) is 0 Å². The SMILES string of the molecule is C=C1CCCC(C)(C)CC1. The van der Waals surface area contributed by atoms with Crippen LogP contribution in [0.4, 0.5) is 0 Å². The van der Waals surface area contributed by atoms with E-state index in [1.54, 1.807) is 0 Å². The Labute approximate surface area is 64.3 Å². The third-order valence-corrected chi connectivity index (χ3v) is 2.54. The summed E-state index contributed by atoms with van der Waals surface area (Å²) in [5.41, 5.74) is 2.05. The summed E-state index contributed by atoms with van der Waals surface area (Å²) >= 11 is 0. The molecule has 0 heterocycles. The highest BCUT2D eigenvalue weighted by Gasteiger charge is 2.20. The molecule has 1 rings (SSSR count). The first kappa shape index (κ1) is 7.84. The fourth-order valence-electron chi connectivity index (χ4n) is 1.58. The lowest BCUT2D eigenvalue weighted by atomic mass is 9.85. The molecule has 1 aliphatic carbocycles. The van der Waals surface area contributed by atoms with Crippen LogP contribution in [0, 0.1) is 5.41 Å². The van der Waals surface area contributed by atoms with E-state index in [1.807, 2.05) is 0 Å². The normalized spacial score (nSPS) is 26.0. The fourth-order valence-corrected chi connectivity index (χ4v) is 1.58. The first-order valence-corrected chi connectivity index (χ1v) is 4.27. The van der Waals surface area contributed by atoms with E-state index in [0.717, 1.165) is 0 Å².